The third-order valence-corrected chi connectivity index (χ3v) is 5.81. The van der Waals surface area contributed by atoms with Crippen LogP contribution < -0.4 is 5.32 Å². The number of rotatable bonds is 0. The number of hydrogen-bond acceptors (Lipinski definition) is 3. The summed E-state index contributed by atoms with van der Waals surface area (Å²) < 4.78 is 0. The summed E-state index contributed by atoms with van der Waals surface area (Å²) >= 11 is 0. The molecule has 4 aliphatic heterocycles. The van der Waals surface area contributed by atoms with Crippen molar-refractivity contribution in [3.05, 3.63) is 0 Å². The second kappa shape index (κ2) is 4.77. The highest BCUT2D eigenvalue weighted by atomic mass is 15.5. The van der Waals surface area contributed by atoms with Gasteiger partial charge in [0.25, 0.3) is 0 Å². The van der Waals surface area contributed by atoms with Crippen molar-refractivity contribution in [1.29, 1.82) is 0 Å². The molecule has 4 rings (SSSR count). The molecule has 0 bridgehead atoms. The maximum absolute atomic E-state index is 3.85. The first kappa shape index (κ1) is 11.7. The Labute approximate surface area is 111 Å². The van der Waals surface area contributed by atoms with Gasteiger partial charge in [0.2, 0.25) is 0 Å². The van der Waals surface area contributed by atoms with Gasteiger partial charge in [0.15, 0.2) is 0 Å². The summed E-state index contributed by atoms with van der Waals surface area (Å²) in [6, 6.07) is 0.899. The standard InChI is InChI=1S/C15H27N3/c1-3-10-17-13(7-1)12-6-5-9-16-15(12)18-11-4-2-8-14(17)18/h12-16H,1-11H2/t12-,13-,14+,15+/m0/s1. The Morgan fingerprint density at radius 1 is 0.778 bits per heavy atom. The molecule has 102 valence electrons. The van der Waals surface area contributed by atoms with E-state index in [2.05, 4.69) is 15.1 Å². The van der Waals surface area contributed by atoms with E-state index >= 15 is 0 Å². The van der Waals surface area contributed by atoms with Gasteiger partial charge in [-0.15, -0.1) is 0 Å². The molecule has 0 aromatic heterocycles. The molecule has 0 aromatic carbocycles. The molecule has 0 saturated carbocycles. The normalized spacial score (nSPS) is 46.0. The fraction of sp³-hybridized carbons (Fsp3) is 1.00. The Bertz CT molecular complexity index is 217. The fourth-order valence-electron chi connectivity index (χ4n) is 5.09. The first-order valence-corrected chi connectivity index (χ1v) is 8.20. The maximum atomic E-state index is 3.85. The van der Waals surface area contributed by atoms with Crippen LogP contribution in [-0.4, -0.2) is 47.8 Å². The summed E-state index contributed by atoms with van der Waals surface area (Å²) in [6.07, 6.45) is 13.0. The van der Waals surface area contributed by atoms with Crippen molar-refractivity contribution in [2.45, 2.75) is 69.7 Å². The van der Waals surface area contributed by atoms with Crippen LogP contribution >= 0.6 is 0 Å². The van der Waals surface area contributed by atoms with E-state index in [9.17, 15) is 0 Å². The van der Waals surface area contributed by atoms with E-state index in [-0.39, 0.29) is 0 Å². The minimum atomic E-state index is 0.711. The van der Waals surface area contributed by atoms with Gasteiger partial charge in [-0.05, 0) is 58.0 Å². The zero-order chi connectivity index (χ0) is 11.9. The summed E-state index contributed by atoms with van der Waals surface area (Å²) in [5.41, 5.74) is 0. The third kappa shape index (κ3) is 1.75. The van der Waals surface area contributed by atoms with Gasteiger partial charge in [0, 0.05) is 18.5 Å². The van der Waals surface area contributed by atoms with Gasteiger partial charge in [0.05, 0.1) is 12.3 Å². The van der Waals surface area contributed by atoms with E-state index in [1.54, 1.807) is 0 Å². The van der Waals surface area contributed by atoms with Crippen LogP contribution in [-0.2, 0) is 0 Å². The van der Waals surface area contributed by atoms with Gasteiger partial charge in [-0.1, -0.05) is 6.42 Å². The highest BCUT2D eigenvalue weighted by molar-refractivity contribution is 5.00. The van der Waals surface area contributed by atoms with Crippen LogP contribution in [0.1, 0.15) is 51.4 Å². The Morgan fingerprint density at radius 3 is 2.56 bits per heavy atom. The molecule has 18 heavy (non-hydrogen) atoms. The van der Waals surface area contributed by atoms with E-state index in [4.69, 9.17) is 0 Å². The van der Waals surface area contributed by atoms with Crippen LogP contribution in [0.2, 0.25) is 0 Å². The molecular weight excluding hydrogens is 222 g/mol. The third-order valence-electron chi connectivity index (χ3n) is 5.81. The van der Waals surface area contributed by atoms with E-state index in [0.29, 0.717) is 6.17 Å². The number of hydrogen-bond donors (Lipinski definition) is 1. The van der Waals surface area contributed by atoms with Crippen LogP contribution in [0.5, 0.6) is 0 Å². The van der Waals surface area contributed by atoms with Crippen LogP contribution in [0.15, 0.2) is 0 Å². The first-order valence-electron chi connectivity index (χ1n) is 8.20. The Balaban J connectivity index is 1.64. The SMILES string of the molecule is C1CN[C@H]2[C@@H](C1)[C@@H]1CCCCN1[C@H]1CCCCN12. The summed E-state index contributed by atoms with van der Waals surface area (Å²) in [6.45, 7) is 3.95. The average molecular weight is 249 g/mol. The van der Waals surface area contributed by atoms with E-state index in [1.165, 1.54) is 71.0 Å². The Kier molecular flexibility index (Phi) is 3.10. The zero-order valence-corrected chi connectivity index (χ0v) is 11.5. The van der Waals surface area contributed by atoms with Crippen LogP contribution in [0.25, 0.3) is 0 Å². The highest BCUT2D eigenvalue weighted by Gasteiger charge is 2.48. The van der Waals surface area contributed by atoms with Gasteiger partial charge >= 0.3 is 0 Å². The maximum Gasteiger partial charge on any atom is 0.0654 e. The highest BCUT2D eigenvalue weighted by Crippen LogP contribution is 2.41. The predicted octanol–water partition coefficient (Wildman–Crippen LogP) is 1.99. The summed E-state index contributed by atoms with van der Waals surface area (Å²) in [7, 11) is 0. The van der Waals surface area contributed by atoms with Gasteiger partial charge in [-0.2, -0.15) is 0 Å². The van der Waals surface area contributed by atoms with Crippen molar-refractivity contribution in [3.63, 3.8) is 0 Å². The largest absolute Gasteiger partial charge is 0.301 e. The van der Waals surface area contributed by atoms with E-state index in [0.717, 1.165) is 18.1 Å². The second-order valence-corrected chi connectivity index (χ2v) is 6.72. The molecule has 4 saturated heterocycles. The van der Waals surface area contributed by atoms with Crippen molar-refractivity contribution < 1.29 is 0 Å². The first-order chi connectivity index (χ1) is 8.95. The molecule has 0 spiro atoms. The average Bonchev–Trinajstić information content (AvgIpc) is 2.48. The lowest BCUT2D eigenvalue weighted by Crippen LogP contribution is -2.72. The minimum Gasteiger partial charge on any atom is -0.301 e. The van der Waals surface area contributed by atoms with Gasteiger partial charge in [0.1, 0.15) is 0 Å². The van der Waals surface area contributed by atoms with Crippen molar-refractivity contribution in [2.24, 2.45) is 5.92 Å². The van der Waals surface area contributed by atoms with Crippen LogP contribution in [0, 0.1) is 5.92 Å². The van der Waals surface area contributed by atoms with Crippen molar-refractivity contribution >= 4 is 0 Å². The van der Waals surface area contributed by atoms with Crippen LogP contribution in [0.4, 0.5) is 0 Å². The molecular formula is C15H27N3. The molecule has 3 heteroatoms. The number of fused-ring (bicyclic) bond motifs is 6. The molecule has 0 amide bonds. The monoisotopic (exact) mass is 249 g/mol. The fourth-order valence-corrected chi connectivity index (χ4v) is 5.09. The molecule has 4 aliphatic rings. The van der Waals surface area contributed by atoms with E-state index in [1.807, 2.05) is 0 Å². The molecule has 0 unspecified atom stereocenters. The number of nitrogens with zero attached hydrogens (tertiary/aromatic N) is 2. The molecule has 4 heterocycles. The van der Waals surface area contributed by atoms with Crippen molar-refractivity contribution in [3.8, 4) is 0 Å². The Morgan fingerprint density at radius 2 is 1.61 bits per heavy atom. The summed E-state index contributed by atoms with van der Waals surface area (Å²) in [5, 5.41) is 3.85. The molecule has 1 N–H and O–H groups in total. The Hall–Kier alpha value is -0.120. The van der Waals surface area contributed by atoms with Gasteiger partial charge in [-0.25, -0.2) is 0 Å². The molecule has 4 atom stereocenters. The molecule has 0 radical (unpaired) electrons. The summed E-state index contributed by atoms with van der Waals surface area (Å²) in [5.74, 6) is 0.911. The lowest BCUT2D eigenvalue weighted by Gasteiger charge is -2.60. The second-order valence-electron chi connectivity index (χ2n) is 6.72. The number of piperidine rings is 3. The zero-order valence-electron chi connectivity index (χ0n) is 11.5. The van der Waals surface area contributed by atoms with Gasteiger partial charge < -0.3 is 5.32 Å². The quantitative estimate of drug-likeness (QED) is 0.708. The van der Waals surface area contributed by atoms with E-state index < -0.39 is 0 Å². The summed E-state index contributed by atoms with van der Waals surface area (Å²) in [4.78, 5) is 5.73. The van der Waals surface area contributed by atoms with Crippen LogP contribution in [0.3, 0.4) is 0 Å². The molecule has 4 fully saturated rings. The topological polar surface area (TPSA) is 18.5 Å². The lowest BCUT2D eigenvalue weighted by atomic mass is 9.78. The minimum absolute atomic E-state index is 0.711. The van der Waals surface area contributed by atoms with Crippen molar-refractivity contribution in [2.75, 3.05) is 19.6 Å². The lowest BCUT2D eigenvalue weighted by molar-refractivity contribution is -0.146. The number of nitrogens with one attached hydrogen (secondary N) is 1. The van der Waals surface area contributed by atoms with Gasteiger partial charge in [-0.3, -0.25) is 9.80 Å². The van der Waals surface area contributed by atoms with Crippen molar-refractivity contribution in [1.82, 2.24) is 15.1 Å². The predicted molar refractivity (Wildman–Crippen MR) is 73.2 cm³/mol. The molecule has 0 aliphatic carbocycles. The molecule has 0 aromatic rings. The molecule has 3 nitrogen and oxygen atoms in total. The smallest absolute Gasteiger partial charge is 0.0654 e.